The molecule has 2 aliphatic heterocycles. The average Bonchev–Trinajstić information content (AvgIpc) is 2.90. The highest BCUT2D eigenvalue weighted by molar-refractivity contribution is 5.89. The topological polar surface area (TPSA) is 110 Å². The van der Waals surface area contributed by atoms with Gasteiger partial charge in [0.2, 0.25) is 5.88 Å². The molecule has 1 N–H and O–H groups in total. The molecule has 1 unspecified atom stereocenters. The average molecular weight is 484 g/mol. The summed E-state index contributed by atoms with van der Waals surface area (Å²) in [6.45, 7) is 9.45. The van der Waals surface area contributed by atoms with Crippen LogP contribution >= 0.6 is 0 Å². The molecule has 0 saturated carbocycles. The van der Waals surface area contributed by atoms with Crippen LogP contribution in [0.1, 0.15) is 34.6 Å². The Morgan fingerprint density at radius 1 is 1.11 bits per heavy atom. The van der Waals surface area contributed by atoms with Crippen molar-refractivity contribution in [2.24, 2.45) is 5.11 Å². The first-order valence-electron chi connectivity index (χ1n) is 12.1. The number of esters is 1. The number of morpholine rings is 2. The fraction of sp³-hybridized carbons (Fsp3) is 0.520. The molecule has 35 heavy (non-hydrogen) atoms. The van der Waals surface area contributed by atoms with Gasteiger partial charge in [0.1, 0.15) is 12.6 Å². The molecule has 0 bridgehead atoms. The molecular weight excluding hydrogens is 450 g/mol. The van der Waals surface area contributed by atoms with Gasteiger partial charge in [-0.15, -0.1) is 0 Å². The lowest BCUT2D eigenvalue weighted by Gasteiger charge is -2.30. The maximum absolute atomic E-state index is 12.2. The number of nitrogens with zero attached hydrogens (tertiary/aromatic N) is 4. The zero-order valence-electron chi connectivity index (χ0n) is 20.1. The highest BCUT2D eigenvalue weighted by Gasteiger charge is 2.21. The van der Waals surface area contributed by atoms with Gasteiger partial charge in [-0.1, -0.05) is 12.1 Å². The predicted molar refractivity (Wildman–Crippen MR) is 129 cm³/mol. The standard InChI is InChI=1S/C25H33N5O5/c1-2-34-25(31)20-5-3-4-19(16-20)24(28-26)22-17-21(30-9-13-33-14-10-30)18-23(27-22)35-15-8-29-6-11-32-12-7-29/h3-5,16-18,24,26H,2,6-15H2,1H3. The molecule has 188 valence electrons. The van der Waals surface area contributed by atoms with Gasteiger partial charge in [0, 0.05) is 44.5 Å². The van der Waals surface area contributed by atoms with Gasteiger partial charge >= 0.3 is 5.97 Å². The second-order valence-corrected chi connectivity index (χ2v) is 8.37. The molecule has 1 atom stereocenters. The molecule has 0 radical (unpaired) electrons. The van der Waals surface area contributed by atoms with E-state index in [0.29, 0.717) is 49.1 Å². The molecule has 2 aromatic rings. The first-order chi connectivity index (χ1) is 17.2. The number of pyridine rings is 1. The van der Waals surface area contributed by atoms with Crippen LogP contribution in [0.2, 0.25) is 0 Å². The zero-order valence-corrected chi connectivity index (χ0v) is 20.1. The SMILES string of the molecule is CCOC(=O)c1cccc(C(N=N)c2cc(N3CCOCC3)cc(OCCN3CCOCC3)n2)c1. The van der Waals surface area contributed by atoms with Crippen LogP contribution in [0.5, 0.6) is 5.88 Å². The third-order valence-corrected chi connectivity index (χ3v) is 6.07. The summed E-state index contributed by atoms with van der Waals surface area (Å²) in [4.78, 5) is 21.5. The van der Waals surface area contributed by atoms with E-state index in [0.717, 1.165) is 51.6 Å². The first-order valence-corrected chi connectivity index (χ1v) is 12.1. The van der Waals surface area contributed by atoms with Gasteiger partial charge in [-0.05, 0) is 30.7 Å². The zero-order chi connectivity index (χ0) is 24.5. The van der Waals surface area contributed by atoms with E-state index < -0.39 is 12.0 Å². The van der Waals surface area contributed by atoms with Crippen molar-refractivity contribution in [2.45, 2.75) is 13.0 Å². The molecule has 10 nitrogen and oxygen atoms in total. The number of benzene rings is 1. The third-order valence-electron chi connectivity index (χ3n) is 6.07. The van der Waals surface area contributed by atoms with Crippen molar-refractivity contribution >= 4 is 11.7 Å². The van der Waals surface area contributed by atoms with Crippen molar-refractivity contribution in [1.29, 1.82) is 5.53 Å². The van der Waals surface area contributed by atoms with Crippen LogP contribution in [0.3, 0.4) is 0 Å². The van der Waals surface area contributed by atoms with E-state index >= 15 is 0 Å². The number of aromatic nitrogens is 1. The summed E-state index contributed by atoms with van der Waals surface area (Å²) >= 11 is 0. The van der Waals surface area contributed by atoms with Gasteiger partial charge in [0.15, 0.2) is 0 Å². The Balaban J connectivity index is 1.58. The summed E-state index contributed by atoms with van der Waals surface area (Å²) in [5, 5.41) is 3.87. The van der Waals surface area contributed by atoms with Gasteiger partial charge in [0.05, 0.1) is 44.3 Å². The molecule has 2 fully saturated rings. The van der Waals surface area contributed by atoms with Crippen LogP contribution in [0.15, 0.2) is 41.5 Å². The lowest BCUT2D eigenvalue weighted by Crippen LogP contribution is -2.38. The minimum Gasteiger partial charge on any atom is -0.476 e. The van der Waals surface area contributed by atoms with Crippen molar-refractivity contribution in [3.8, 4) is 5.88 Å². The number of hydrogen-bond donors (Lipinski definition) is 1. The number of carbonyl (C=O) groups excluding carboxylic acids is 1. The molecule has 1 aromatic carbocycles. The molecule has 0 spiro atoms. The molecule has 0 amide bonds. The predicted octanol–water partition coefficient (Wildman–Crippen LogP) is 2.93. The largest absolute Gasteiger partial charge is 0.476 e. The van der Waals surface area contributed by atoms with Crippen LogP contribution in [0.4, 0.5) is 5.69 Å². The maximum atomic E-state index is 12.2. The van der Waals surface area contributed by atoms with E-state index in [9.17, 15) is 4.79 Å². The van der Waals surface area contributed by atoms with Crippen molar-refractivity contribution in [3.05, 3.63) is 53.2 Å². The van der Waals surface area contributed by atoms with Crippen LogP contribution in [0, 0.1) is 5.53 Å². The number of anilines is 1. The van der Waals surface area contributed by atoms with Crippen molar-refractivity contribution < 1.29 is 23.7 Å². The third kappa shape index (κ3) is 6.74. The van der Waals surface area contributed by atoms with E-state index in [2.05, 4.69) is 14.9 Å². The Labute approximate surface area is 205 Å². The number of rotatable bonds is 10. The number of ether oxygens (including phenoxy) is 4. The van der Waals surface area contributed by atoms with Gasteiger partial charge < -0.3 is 23.8 Å². The molecule has 4 rings (SSSR count). The molecule has 10 heteroatoms. The van der Waals surface area contributed by atoms with Crippen molar-refractivity contribution in [3.63, 3.8) is 0 Å². The van der Waals surface area contributed by atoms with Gasteiger partial charge in [-0.2, -0.15) is 5.11 Å². The minimum atomic E-state index is -0.674. The highest BCUT2D eigenvalue weighted by atomic mass is 16.5. The Hall–Kier alpha value is -3.08. The normalized spacial score (nSPS) is 17.6. The highest BCUT2D eigenvalue weighted by Crippen LogP contribution is 2.31. The Morgan fingerprint density at radius 3 is 2.57 bits per heavy atom. The van der Waals surface area contributed by atoms with Crippen LogP contribution in [-0.2, 0) is 14.2 Å². The molecule has 2 saturated heterocycles. The van der Waals surface area contributed by atoms with Crippen LogP contribution < -0.4 is 9.64 Å². The smallest absolute Gasteiger partial charge is 0.338 e. The minimum absolute atomic E-state index is 0.295. The monoisotopic (exact) mass is 483 g/mol. The summed E-state index contributed by atoms with van der Waals surface area (Å²) in [5.74, 6) is 0.0905. The van der Waals surface area contributed by atoms with E-state index in [1.807, 2.05) is 18.2 Å². The van der Waals surface area contributed by atoms with E-state index in [1.165, 1.54) is 0 Å². The summed E-state index contributed by atoms with van der Waals surface area (Å²) < 4.78 is 22.1. The van der Waals surface area contributed by atoms with Crippen LogP contribution in [-0.4, -0.2) is 88.2 Å². The number of nitrogens with one attached hydrogen (secondary N) is 1. The number of carbonyl (C=O) groups is 1. The van der Waals surface area contributed by atoms with E-state index in [4.69, 9.17) is 29.5 Å². The number of hydrogen-bond acceptors (Lipinski definition) is 10. The quantitative estimate of drug-likeness (QED) is 0.406. The molecule has 3 heterocycles. The fourth-order valence-electron chi connectivity index (χ4n) is 4.20. The summed E-state index contributed by atoms with van der Waals surface area (Å²) in [6.07, 6.45) is 0. The van der Waals surface area contributed by atoms with Gasteiger partial charge in [-0.3, -0.25) is 4.90 Å². The first kappa shape index (κ1) is 25.0. The Bertz CT molecular complexity index is 992. The van der Waals surface area contributed by atoms with E-state index in [1.54, 1.807) is 25.1 Å². The summed E-state index contributed by atoms with van der Waals surface area (Å²) in [5.41, 5.74) is 10.6. The summed E-state index contributed by atoms with van der Waals surface area (Å²) in [6, 6.07) is 10.2. The second kappa shape index (κ2) is 12.6. The fourth-order valence-corrected chi connectivity index (χ4v) is 4.20. The van der Waals surface area contributed by atoms with Crippen LogP contribution in [0.25, 0.3) is 0 Å². The molecule has 1 aromatic heterocycles. The van der Waals surface area contributed by atoms with E-state index in [-0.39, 0.29) is 0 Å². The lowest BCUT2D eigenvalue weighted by molar-refractivity contribution is 0.0320. The maximum Gasteiger partial charge on any atom is 0.338 e. The Kier molecular flexibility index (Phi) is 8.99. The second-order valence-electron chi connectivity index (χ2n) is 8.37. The lowest BCUT2D eigenvalue weighted by atomic mass is 10.0. The van der Waals surface area contributed by atoms with Gasteiger partial charge in [0.25, 0.3) is 0 Å². The molecule has 0 aliphatic carbocycles. The van der Waals surface area contributed by atoms with Gasteiger partial charge in [-0.25, -0.2) is 15.3 Å². The summed E-state index contributed by atoms with van der Waals surface area (Å²) in [7, 11) is 0. The van der Waals surface area contributed by atoms with Crippen molar-refractivity contribution in [2.75, 3.05) is 77.3 Å². The van der Waals surface area contributed by atoms with Crippen molar-refractivity contribution in [1.82, 2.24) is 9.88 Å². The molecular formula is C25H33N5O5. The Morgan fingerprint density at radius 2 is 1.86 bits per heavy atom. The molecule has 2 aliphatic rings.